The lowest BCUT2D eigenvalue weighted by molar-refractivity contribution is -0.131. The van der Waals surface area contributed by atoms with Gasteiger partial charge in [-0.2, -0.15) is 0 Å². The molecule has 0 unspecified atom stereocenters. The number of carbonyl (C=O) groups is 1. The fourth-order valence-electron chi connectivity index (χ4n) is 1.66. The highest BCUT2D eigenvalue weighted by Crippen LogP contribution is 2.24. The molecule has 5 heteroatoms. The van der Waals surface area contributed by atoms with Crippen molar-refractivity contribution in [2.45, 2.75) is 37.4 Å². The third-order valence-corrected chi connectivity index (χ3v) is 4.33. The Morgan fingerprint density at radius 1 is 1.21 bits per heavy atom. The van der Waals surface area contributed by atoms with Gasteiger partial charge < -0.3 is 5.11 Å². The van der Waals surface area contributed by atoms with Gasteiger partial charge in [-0.05, 0) is 12.8 Å². The van der Waals surface area contributed by atoms with Gasteiger partial charge in [-0.1, -0.05) is 19.3 Å². The van der Waals surface area contributed by atoms with Crippen LogP contribution < -0.4 is 0 Å². The maximum Gasteiger partial charge on any atom is 0.329 e. The van der Waals surface area contributed by atoms with Gasteiger partial charge in [0.15, 0.2) is 9.84 Å². The summed E-state index contributed by atoms with van der Waals surface area (Å²) in [6, 6.07) is 0. The number of aliphatic carboxylic acids is 1. The monoisotopic (exact) mass is 218 g/mol. The van der Waals surface area contributed by atoms with Crippen molar-refractivity contribution in [1.29, 1.82) is 0 Å². The Kier molecular flexibility index (Phi) is 3.69. The Balaban J connectivity index is 2.68. The first-order valence-electron chi connectivity index (χ1n) is 4.67. The summed E-state index contributed by atoms with van der Waals surface area (Å²) in [5, 5.41) is 8.78. The van der Waals surface area contributed by atoms with E-state index in [-0.39, 0.29) is 5.25 Å². The number of rotatable bonds is 3. The summed E-state index contributed by atoms with van der Waals surface area (Å²) >= 11 is 0. The van der Waals surface area contributed by atoms with Crippen LogP contribution in [0.2, 0.25) is 0 Å². The minimum Gasteiger partial charge on any atom is -0.478 e. The molecule has 1 aliphatic carbocycles. The van der Waals surface area contributed by atoms with Gasteiger partial charge in [0.05, 0.1) is 5.25 Å². The van der Waals surface area contributed by atoms with E-state index in [1.165, 1.54) is 0 Å². The number of carboxylic acids is 1. The maximum atomic E-state index is 11.5. The predicted octanol–water partition coefficient (Wildman–Crippen LogP) is 1.33. The van der Waals surface area contributed by atoms with E-state index in [1.807, 2.05) is 0 Å². The lowest BCUT2D eigenvalue weighted by atomic mass is 10.0. The predicted molar refractivity (Wildman–Crippen MR) is 52.6 cm³/mol. The van der Waals surface area contributed by atoms with E-state index >= 15 is 0 Å². The van der Waals surface area contributed by atoms with E-state index in [0.29, 0.717) is 18.9 Å². The van der Waals surface area contributed by atoms with Crippen LogP contribution in [0, 0.1) is 0 Å². The van der Waals surface area contributed by atoms with Gasteiger partial charge in [0.2, 0.25) is 0 Å². The highest BCUT2D eigenvalue weighted by molar-refractivity contribution is 7.94. The zero-order valence-electron chi connectivity index (χ0n) is 7.85. The molecule has 1 rings (SSSR count). The minimum atomic E-state index is -3.34. The molecular weight excluding hydrogens is 204 g/mol. The number of hydrogen-bond donors (Lipinski definition) is 1. The SMILES string of the molecule is O=C(O)/C=C\S(=O)(=O)C1CCCCC1. The second-order valence-electron chi connectivity index (χ2n) is 3.49. The van der Waals surface area contributed by atoms with Gasteiger partial charge in [0.25, 0.3) is 0 Å². The molecule has 0 aliphatic heterocycles. The van der Waals surface area contributed by atoms with Gasteiger partial charge in [-0.15, -0.1) is 0 Å². The number of sulfone groups is 1. The van der Waals surface area contributed by atoms with Crippen LogP contribution in [0.3, 0.4) is 0 Å². The summed E-state index contributed by atoms with van der Waals surface area (Å²) in [6.45, 7) is 0. The molecule has 0 bridgehead atoms. The fraction of sp³-hybridized carbons (Fsp3) is 0.667. The molecule has 0 aromatic heterocycles. The van der Waals surface area contributed by atoms with Gasteiger partial charge in [-0.25, -0.2) is 13.2 Å². The van der Waals surface area contributed by atoms with Gasteiger partial charge in [-0.3, -0.25) is 0 Å². The number of carboxylic acid groups (broad SMARTS) is 1. The van der Waals surface area contributed by atoms with Crippen molar-refractivity contribution >= 4 is 15.8 Å². The van der Waals surface area contributed by atoms with E-state index < -0.39 is 15.8 Å². The van der Waals surface area contributed by atoms with Crippen LogP contribution in [-0.4, -0.2) is 24.7 Å². The lowest BCUT2D eigenvalue weighted by Gasteiger charge is -2.19. The molecule has 0 amide bonds. The molecule has 0 aromatic carbocycles. The third-order valence-electron chi connectivity index (χ3n) is 2.42. The second-order valence-corrected chi connectivity index (χ2v) is 5.61. The molecule has 0 atom stereocenters. The fourth-order valence-corrected chi connectivity index (χ4v) is 3.18. The normalized spacial score (nSPS) is 20.0. The summed E-state index contributed by atoms with van der Waals surface area (Å²) < 4.78 is 23.1. The van der Waals surface area contributed by atoms with E-state index in [4.69, 9.17) is 5.11 Å². The average Bonchev–Trinajstić information content (AvgIpc) is 2.16. The lowest BCUT2D eigenvalue weighted by Crippen LogP contribution is -2.22. The summed E-state index contributed by atoms with van der Waals surface area (Å²) in [7, 11) is -3.34. The van der Waals surface area contributed by atoms with E-state index in [0.717, 1.165) is 24.7 Å². The highest BCUT2D eigenvalue weighted by Gasteiger charge is 2.24. The first kappa shape index (κ1) is 11.2. The molecular formula is C9H14O4S. The summed E-state index contributed by atoms with van der Waals surface area (Å²) in [6.07, 6.45) is 4.94. The third kappa shape index (κ3) is 3.14. The first-order valence-corrected chi connectivity index (χ1v) is 6.28. The molecule has 80 valence electrons. The summed E-state index contributed by atoms with van der Waals surface area (Å²) in [5.74, 6) is -1.22. The van der Waals surface area contributed by atoms with E-state index in [1.54, 1.807) is 0 Å². The van der Waals surface area contributed by atoms with Crippen LogP contribution >= 0.6 is 0 Å². The van der Waals surface area contributed by atoms with E-state index in [9.17, 15) is 13.2 Å². The summed E-state index contributed by atoms with van der Waals surface area (Å²) in [4.78, 5) is 10.2. The summed E-state index contributed by atoms with van der Waals surface area (Å²) in [5.41, 5.74) is 0. The van der Waals surface area contributed by atoms with Crippen LogP contribution in [0.4, 0.5) is 0 Å². The molecule has 0 saturated heterocycles. The van der Waals surface area contributed by atoms with Crippen molar-refractivity contribution in [2.24, 2.45) is 0 Å². The van der Waals surface area contributed by atoms with Crippen molar-refractivity contribution in [3.05, 3.63) is 11.5 Å². The smallest absolute Gasteiger partial charge is 0.329 e. The molecule has 4 nitrogen and oxygen atoms in total. The zero-order chi connectivity index (χ0) is 10.6. The van der Waals surface area contributed by atoms with E-state index in [2.05, 4.69) is 0 Å². The highest BCUT2D eigenvalue weighted by atomic mass is 32.2. The van der Waals surface area contributed by atoms with Crippen LogP contribution in [0.5, 0.6) is 0 Å². The number of hydrogen-bond acceptors (Lipinski definition) is 3. The standard InChI is InChI=1S/C9H14O4S/c10-9(11)6-7-14(12,13)8-4-2-1-3-5-8/h6-8H,1-5H2,(H,10,11)/b7-6-. The zero-order valence-corrected chi connectivity index (χ0v) is 8.66. The Morgan fingerprint density at radius 3 is 2.29 bits per heavy atom. The van der Waals surface area contributed by atoms with Gasteiger partial charge >= 0.3 is 5.97 Å². The molecule has 1 N–H and O–H groups in total. The first-order chi connectivity index (χ1) is 6.52. The maximum absolute atomic E-state index is 11.5. The molecule has 14 heavy (non-hydrogen) atoms. The van der Waals surface area contributed by atoms with Crippen LogP contribution in [0.25, 0.3) is 0 Å². The molecule has 1 aliphatic rings. The Morgan fingerprint density at radius 2 is 1.79 bits per heavy atom. The van der Waals surface area contributed by atoms with Crippen molar-refractivity contribution in [2.75, 3.05) is 0 Å². The molecule has 0 spiro atoms. The van der Waals surface area contributed by atoms with Crippen molar-refractivity contribution < 1.29 is 18.3 Å². The molecule has 0 radical (unpaired) electrons. The Labute approximate surface area is 83.5 Å². The molecule has 0 heterocycles. The van der Waals surface area contributed by atoms with Crippen molar-refractivity contribution in [1.82, 2.24) is 0 Å². The Hall–Kier alpha value is -0.840. The topological polar surface area (TPSA) is 71.4 Å². The molecule has 1 saturated carbocycles. The van der Waals surface area contributed by atoms with Crippen LogP contribution in [0.15, 0.2) is 11.5 Å². The van der Waals surface area contributed by atoms with Gasteiger partial charge in [0, 0.05) is 11.5 Å². The van der Waals surface area contributed by atoms with Crippen molar-refractivity contribution in [3.8, 4) is 0 Å². The van der Waals surface area contributed by atoms with Crippen LogP contribution in [0.1, 0.15) is 32.1 Å². The largest absolute Gasteiger partial charge is 0.478 e. The quantitative estimate of drug-likeness (QED) is 0.725. The van der Waals surface area contributed by atoms with Crippen molar-refractivity contribution in [3.63, 3.8) is 0 Å². The second kappa shape index (κ2) is 4.59. The molecule has 1 fully saturated rings. The van der Waals surface area contributed by atoms with Gasteiger partial charge in [0.1, 0.15) is 0 Å². The average molecular weight is 218 g/mol. The minimum absolute atomic E-state index is 0.369. The van der Waals surface area contributed by atoms with Crippen LogP contribution in [-0.2, 0) is 14.6 Å². The molecule has 0 aromatic rings. The Bertz CT molecular complexity index is 323.